The van der Waals surface area contributed by atoms with Crippen LogP contribution in [0.4, 0.5) is 5.69 Å². The van der Waals surface area contributed by atoms with Gasteiger partial charge in [-0.1, -0.05) is 57.8 Å². The van der Waals surface area contributed by atoms with E-state index in [-0.39, 0.29) is 35.6 Å². The van der Waals surface area contributed by atoms with Gasteiger partial charge in [-0.05, 0) is 37.1 Å². The van der Waals surface area contributed by atoms with E-state index in [4.69, 9.17) is 0 Å². The summed E-state index contributed by atoms with van der Waals surface area (Å²) < 4.78 is 28.7. The molecule has 0 bridgehead atoms. The molecule has 1 saturated heterocycles. The fraction of sp³-hybridized carbons (Fsp3) is 0.636. The molecule has 2 aliphatic rings. The van der Waals surface area contributed by atoms with Crippen LogP contribution in [-0.4, -0.2) is 26.3 Å². The Morgan fingerprint density at radius 1 is 0.724 bits per heavy atom. The van der Waals surface area contributed by atoms with Crippen molar-refractivity contribution in [2.24, 2.45) is 0 Å². The Morgan fingerprint density at radius 2 is 1.17 bits per heavy atom. The molecule has 0 radical (unpaired) electrons. The summed E-state index contributed by atoms with van der Waals surface area (Å²) >= 11 is 0. The van der Waals surface area contributed by atoms with Gasteiger partial charge in [-0.15, -0.1) is 0 Å². The van der Waals surface area contributed by atoms with Gasteiger partial charge in [0.25, 0.3) is 0 Å². The van der Waals surface area contributed by atoms with Crippen LogP contribution in [0.25, 0.3) is 0 Å². The number of nitrogens with one attached hydrogen (secondary N) is 1. The average molecular weight is 421 g/mol. The number of sulfonamides is 1. The van der Waals surface area contributed by atoms with Gasteiger partial charge in [0.05, 0.1) is 10.6 Å². The Labute approximate surface area is 174 Å². The number of carbonyl (C=O) groups is 2. The van der Waals surface area contributed by atoms with Gasteiger partial charge in [-0.3, -0.25) is 14.5 Å². The number of hydrogen-bond donors (Lipinski definition) is 1. The maximum absolute atomic E-state index is 12.9. The van der Waals surface area contributed by atoms with Gasteiger partial charge in [0.15, 0.2) is 0 Å². The number of hydrogen-bond acceptors (Lipinski definition) is 4. The van der Waals surface area contributed by atoms with E-state index < -0.39 is 10.0 Å². The summed E-state index contributed by atoms with van der Waals surface area (Å²) in [5, 5.41) is 0. The van der Waals surface area contributed by atoms with Crippen molar-refractivity contribution in [3.05, 3.63) is 24.3 Å². The molecule has 1 aliphatic carbocycles. The third-order valence-corrected chi connectivity index (χ3v) is 7.42. The molecule has 0 aromatic heterocycles. The number of nitrogens with zero attached hydrogens (tertiary/aromatic N) is 1. The molecule has 1 N–H and O–H groups in total. The van der Waals surface area contributed by atoms with E-state index in [1.165, 1.54) is 56.4 Å². The maximum atomic E-state index is 12.9. The number of anilines is 1. The highest BCUT2D eigenvalue weighted by molar-refractivity contribution is 7.89. The molecule has 0 spiro atoms. The van der Waals surface area contributed by atoms with Gasteiger partial charge in [0.1, 0.15) is 0 Å². The number of amides is 2. The molecule has 160 valence electrons. The zero-order chi connectivity index (χ0) is 20.7. The Morgan fingerprint density at radius 3 is 1.66 bits per heavy atom. The van der Waals surface area contributed by atoms with Crippen LogP contribution in [0.5, 0.6) is 0 Å². The Bertz CT molecular complexity index is 777. The maximum Gasteiger partial charge on any atom is 0.240 e. The minimum absolute atomic E-state index is 0.0409. The molecule has 1 aliphatic heterocycles. The zero-order valence-electron chi connectivity index (χ0n) is 17.1. The summed E-state index contributed by atoms with van der Waals surface area (Å²) in [6, 6.07) is 5.99. The third-order valence-electron chi connectivity index (χ3n) is 5.88. The zero-order valence-corrected chi connectivity index (χ0v) is 17.9. The molecule has 1 aromatic carbocycles. The van der Waals surface area contributed by atoms with E-state index in [1.54, 1.807) is 0 Å². The van der Waals surface area contributed by atoms with Gasteiger partial charge in [-0.2, -0.15) is 0 Å². The summed E-state index contributed by atoms with van der Waals surface area (Å²) in [7, 11) is -3.63. The summed E-state index contributed by atoms with van der Waals surface area (Å²) in [4.78, 5) is 25.0. The molecule has 1 saturated carbocycles. The van der Waals surface area contributed by atoms with Crippen LogP contribution in [-0.2, 0) is 19.6 Å². The fourth-order valence-corrected chi connectivity index (χ4v) is 5.51. The fourth-order valence-electron chi connectivity index (χ4n) is 4.21. The van der Waals surface area contributed by atoms with Gasteiger partial charge >= 0.3 is 0 Å². The summed E-state index contributed by atoms with van der Waals surface area (Å²) in [5.74, 6) is -0.478. The summed E-state index contributed by atoms with van der Waals surface area (Å²) in [6.07, 6.45) is 12.9. The predicted molar refractivity (Wildman–Crippen MR) is 113 cm³/mol. The molecule has 0 unspecified atom stereocenters. The summed E-state index contributed by atoms with van der Waals surface area (Å²) in [5.41, 5.74) is 0.433. The highest BCUT2D eigenvalue weighted by Gasteiger charge is 2.30. The van der Waals surface area contributed by atoms with Gasteiger partial charge < -0.3 is 0 Å². The second-order valence-electron chi connectivity index (χ2n) is 8.19. The average Bonchev–Trinajstić information content (AvgIpc) is 3.02. The highest BCUT2D eigenvalue weighted by atomic mass is 32.2. The van der Waals surface area contributed by atoms with Crippen molar-refractivity contribution < 1.29 is 18.0 Å². The topological polar surface area (TPSA) is 83.6 Å². The standard InChI is InChI=1S/C22H32N2O4S/c25-21-16-17-22(26)24(21)19-12-14-20(15-13-19)29(27,28)23-18-10-8-6-4-2-1-3-5-7-9-11-18/h12-15,18,23H,1-11,16-17H2. The lowest BCUT2D eigenvalue weighted by Crippen LogP contribution is -2.35. The van der Waals surface area contributed by atoms with Gasteiger partial charge in [-0.25, -0.2) is 13.1 Å². The highest BCUT2D eigenvalue weighted by Crippen LogP contribution is 2.25. The van der Waals surface area contributed by atoms with Crippen molar-refractivity contribution in [2.75, 3.05) is 4.90 Å². The number of imide groups is 1. The lowest BCUT2D eigenvalue weighted by atomic mass is 9.98. The van der Waals surface area contributed by atoms with Crippen LogP contribution in [0.2, 0.25) is 0 Å². The number of rotatable bonds is 4. The van der Waals surface area contributed by atoms with Crippen molar-refractivity contribution in [2.45, 2.75) is 94.4 Å². The van der Waals surface area contributed by atoms with E-state index in [9.17, 15) is 18.0 Å². The third kappa shape index (κ3) is 6.12. The first-order valence-corrected chi connectivity index (χ1v) is 12.4. The monoisotopic (exact) mass is 420 g/mol. The largest absolute Gasteiger partial charge is 0.274 e. The van der Waals surface area contributed by atoms with Crippen LogP contribution >= 0.6 is 0 Å². The van der Waals surface area contributed by atoms with Crippen LogP contribution < -0.4 is 9.62 Å². The van der Waals surface area contributed by atoms with Crippen molar-refractivity contribution >= 4 is 27.5 Å². The quantitative estimate of drug-likeness (QED) is 0.737. The molecule has 3 rings (SSSR count). The first-order chi connectivity index (χ1) is 14.0. The lowest BCUT2D eigenvalue weighted by Gasteiger charge is -2.20. The molecule has 2 amide bonds. The Balaban J connectivity index is 1.65. The molecule has 29 heavy (non-hydrogen) atoms. The number of carbonyl (C=O) groups excluding carboxylic acids is 2. The van der Waals surface area contributed by atoms with E-state index >= 15 is 0 Å². The molecule has 7 heteroatoms. The molecule has 1 aromatic rings. The van der Waals surface area contributed by atoms with Crippen LogP contribution in [0.1, 0.15) is 83.5 Å². The van der Waals surface area contributed by atoms with Gasteiger partial charge in [0.2, 0.25) is 21.8 Å². The molecule has 0 atom stereocenters. The van der Waals surface area contributed by atoms with E-state index in [0.29, 0.717) is 5.69 Å². The minimum Gasteiger partial charge on any atom is -0.274 e. The second kappa shape index (κ2) is 10.3. The van der Waals surface area contributed by atoms with Crippen molar-refractivity contribution in [3.63, 3.8) is 0 Å². The van der Waals surface area contributed by atoms with E-state index in [1.807, 2.05) is 0 Å². The Kier molecular flexibility index (Phi) is 7.84. The molecule has 6 nitrogen and oxygen atoms in total. The molecule has 2 fully saturated rings. The van der Waals surface area contributed by atoms with Crippen LogP contribution in [0.3, 0.4) is 0 Å². The van der Waals surface area contributed by atoms with Gasteiger partial charge in [0, 0.05) is 18.9 Å². The Hall–Kier alpha value is -1.73. The van der Waals surface area contributed by atoms with E-state index in [2.05, 4.69) is 4.72 Å². The normalized spacial score (nSPS) is 21.0. The first kappa shape index (κ1) is 22.0. The molecular formula is C22H32N2O4S. The van der Waals surface area contributed by atoms with Crippen molar-refractivity contribution in [1.82, 2.24) is 4.72 Å². The minimum atomic E-state index is -3.63. The summed E-state index contributed by atoms with van der Waals surface area (Å²) in [6.45, 7) is 0. The molecule has 1 heterocycles. The lowest BCUT2D eigenvalue weighted by molar-refractivity contribution is -0.121. The van der Waals surface area contributed by atoms with Crippen LogP contribution in [0.15, 0.2) is 29.2 Å². The van der Waals surface area contributed by atoms with E-state index in [0.717, 1.165) is 43.4 Å². The van der Waals surface area contributed by atoms with Crippen LogP contribution in [0, 0.1) is 0 Å². The molecular weight excluding hydrogens is 388 g/mol. The second-order valence-corrected chi connectivity index (χ2v) is 9.91. The predicted octanol–water partition coefficient (Wildman–Crippen LogP) is 4.29. The van der Waals surface area contributed by atoms with Crippen molar-refractivity contribution in [1.29, 1.82) is 0 Å². The van der Waals surface area contributed by atoms with Crippen molar-refractivity contribution in [3.8, 4) is 0 Å². The first-order valence-electron chi connectivity index (χ1n) is 11.0. The SMILES string of the molecule is O=C1CCC(=O)N1c1ccc(S(=O)(=O)NC2CCCCCCCCCCC2)cc1. The number of benzene rings is 1. The smallest absolute Gasteiger partial charge is 0.240 e.